The van der Waals surface area contributed by atoms with Crippen LogP contribution in [0.15, 0.2) is 65.8 Å². The van der Waals surface area contributed by atoms with Gasteiger partial charge in [-0.15, -0.1) is 24.8 Å². The molecule has 0 bridgehead atoms. The van der Waals surface area contributed by atoms with Gasteiger partial charge >= 0.3 is 185 Å². The summed E-state index contributed by atoms with van der Waals surface area (Å²) in [5, 5.41) is 2.76. The molecule has 0 amide bonds. The molecule has 1 aliphatic carbocycles. The molecule has 31 heavy (non-hydrogen) atoms. The summed E-state index contributed by atoms with van der Waals surface area (Å²) in [6, 6.07) is 18.1. The summed E-state index contributed by atoms with van der Waals surface area (Å²) in [5.74, 6) is 0. The van der Waals surface area contributed by atoms with Crippen LogP contribution in [0.5, 0.6) is 0 Å². The van der Waals surface area contributed by atoms with E-state index in [4.69, 9.17) is 0 Å². The number of hydrogen-bond acceptors (Lipinski definition) is 1. The van der Waals surface area contributed by atoms with Crippen molar-refractivity contribution in [1.29, 1.82) is 0 Å². The first-order valence-electron chi connectivity index (χ1n) is 10.4. The quantitative estimate of drug-likeness (QED) is 0.356. The Kier molecular flexibility index (Phi) is 9.04. The van der Waals surface area contributed by atoms with E-state index in [1.54, 1.807) is 0 Å². The van der Waals surface area contributed by atoms with E-state index < -0.39 is 0 Å². The molecule has 4 heteroatoms. The number of anilines is 1. The molecular weight excluding hydrogens is 457 g/mol. The summed E-state index contributed by atoms with van der Waals surface area (Å²) in [5.41, 5.74) is 12.8. The molecule has 0 unspecified atom stereocenters. The van der Waals surface area contributed by atoms with Crippen molar-refractivity contribution >= 4 is 46.8 Å². The fourth-order valence-electron chi connectivity index (χ4n) is 4.52. The minimum atomic E-state index is -0.353. The monoisotopic (exact) mass is 487 g/mol. The summed E-state index contributed by atoms with van der Waals surface area (Å²) >= 11 is -0.353. The van der Waals surface area contributed by atoms with Crippen molar-refractivity contribution < 1.29 is 19.4 Å². The average molecular weight is 488 g/mol. The van der Waals surface area contributed by atoms with Crippen LogP contribution in [-0.2, 0) is 24.1 Å². The number of rotatable bonds is 5. The summed E-state index contributed by atoms with van der Waals surface area (Å²) in [7, 11) is 0. The van der Waals surface area contributed by atoms with E-state index in [-0.39, 0.29) is 44.2 Å². The van der Waals surface area contributed by atoms with Crippen molar-refractivity contribution in [2.75, 3.05) is 3.80 Å². The Balaban J connectivity index is 0.00000171. The van der Waals surface area contributed by atoms with Gasteiger partial charge < -0.3 is 0 Å². The molecule has 162 valence electrons. The molecule has 0 aliphatic heterocycles. The second-order valence-corrected chi connectivity index (χ2v) is 9.75. The van der Waals surface area contributed by atoms with Gasteiger partial charge in [0.2, 0.25) is 0 Å². The summed E-state index contributed by atoms with van der Waals surface area (Å²) in [4.78, 5) is 0. The maximum absolute atomic E-state index is 3.86. The standard InChI is InChI=1S/C18H17.C9H12N.2ClH.Ti/c1-12-8-10-17(13(12)2)18-11-9-15-6-4-5-7-16(15)14(18)3;1-6-4-7(2)9(10)8(3)5-6;;;/h4-9,11H,3,10H2,1-2H3;4-5,10H,1-3H3;2*1H;/q;-1;;;+1. The number of aryl methyl sites for hydroxylation is 3. The summed E-state index contributed by atoms with van der Waals surface area (Å²) in [6.07, 6.45) is 3.43. The topological polar surface area (TPSA) is 12.0 Å². The first-order chi connectivity index (χ1) is 14.0. The van der Waals surface area contributed by atoms with Crippen LogP contribution in [0, 0.1) is 20.8 Å². The van der Waals surface area contributed by atoms with Crippen molar-refractivity contribution in [3.05, 3.63) is 93.6 Å². The normalized spacial score (nSPS) is 12.9. The first kappa shape index (κ1) is 25.8. The molecule has 1 nitrogen and oxygen atoms in total. The van der Waals surface area contributed by atoms with Gasteiger partial charge in [-0.2, -0.15) is 0 Å². The molecule has 3 aromatic rings. The zero-order chi connectivity index (χ0) is 20.5. The van der Waals surface area contributed by atoms with Crippen molar-refractivity contribution in [1.82, 2.24) is 0 Å². The van der Waals surface area contributed by atoms with Crippen LogP contribution in [0.3, 0.4) is 0 Å². The molecular formula is C27H31Cl2NTi. The number of nitrogens with one attached hydrogen (secondary N) is 1. The molecule has 0 aromatic heterocycles. The molecule has 0 spiro atoms. The van der Waals surface area contributed by atoms with Crippen molar-refractivity contribution in [3.63, 3.8) is 0 Å². The number of halogens is 2. The van der Waals surface area contributed by atoms with Gasteiger partial charge in [0.15, 0.2) is 0 Å². The van der Waals surface area contributed by atoms with Gasteiger partial charge in [-0.05, 0) is 0 Å². The molecule has 0 radical (unpaired) electrons. The van der Waals surface area contributed by atoms with Gasteiger partial charge in [-0.1, -0.05) is 0 Å². The third kappa shape index (κ3) is 5.29. The van der Waals surface area contributed by atoms with Crippen molar-refractivity contribution in [3.8, 4) is 0 Å². The van der Waals surface area contributed by atoms with E-state index in [0.717, 1.165) is 11.1 Å². The molecule has 4 rings (SSSR count). The van der Waals surface area contributed by atoms with Crippen LogP contribution in [0.1, 0.15) is 48.1 Å². The van der Waals surface area contributed by atoms with Crippen LogP contribution in [0.4, 0.5) is 5.69 Å². The average Bonchev–Trinajstić information content (AvgIpc) is 3.02. The molecule has 0 saturated heterocycles. The van der Waals surface area contributed by atoms with E-state index in [1.165, 1.54) is 61.0 Å². The maximum Gasteiger partial charge on any atom is -0.147 e. The van der Waals surface area contributed by atoms with Crippen LogP contribution < -0.4 is 3.80 Å². The molecule has 0 atom stereocenters. The first-order valence-corrected chi connectivity index (χ1v) is 12.3. The Hall–Kier alpha value is -1.51. The predicted molar refractivity (Wildman–Crippen MR) is 137 cm³/mol. The van der Waals surface area contributed by atoms with E-state index in [9.17, 15) is 0 Å². The predicted octanol–water partition coefficient (Wildman–Crippen LogP) is 8.34. The fourth-order valence-corrected chi connectivity index (χ4v) is 6.42. The van der Waals surface area contributed by atoms with E-state index in [0.29, 0.717) is 0 Å². The maximum atomic E-state index is 3.86. The van der Waals surface area contributed by atoms with Crippen LogP contribution >= 0.6 is 24.8 Å². The molecule has 0 fully saturated rings. The SMILES string of the molecule is CC1=CCC(c2ccc3ccccc3c2[CH2][Ti][NH]c2c(C)cc(C)cc2C)=C1C.Cl.Cl. The van der Waals surface area contributed by atoms with Crippen LogP contribution in [-0.4, -0.2) is 0 Å². The van der Waals surface area contributed by atoms with Gasteiger partial charge in [0.25, 0.3) is 0 Å². The van der Waals surface area contributed by atoms with Gasteiger partial charge in [0.1, 0.15) is 0 Å². The Morgan fingerprint density at radius 1 is 0.871 bits per heavy atom. The zero-order valence-corrected chi connectivity index (χ0v) is 22.1. The van der Waals surface area contributed by atoms with E-state index >= 15 is 0 Å². The summed E-state index contributed by atoms with van der Waals surface area (Å²) in [6.45, 7) is 11.1. The van der Waals surface area contributed by atoms with Crippen LogP contribution in [0.2, 0.25) is 0 Å². The second-order valence-electron chi connectivity index (χ2n) is 8.26. The number of allylic oxidation sites excluding steroid dienone is 4. The number of hydrogen-bond donors (Lipinski definition) is 1. The van der Waals surface area contributed by atoms with Crippen LogP contribution in [0.25, 0.3) is 16.3 Å². The molecule has 1 N–H and O–H groups in total. The van der Waals surface area contributed by atoms with Crippen molar-refractivity contribution in [2.24, 2.45) is 0 Å². The van der Waals surface area contributed by atoms with Gasteiger partial charge in [-0.3, -0.25) is 0 Å². The van der Waals surface area contributed by atoms with Gasteiger partial charge in [0.05, 0.1) is 0 Å². The Labute approximate surface area is 208 Å². The minimum Gasteiger partial charge on any atom is -0.147 e. The third-order valence-electron chi connectivity index (χ3n) is 6.18. The van der Waals surface area contributed by atoms with E-state index in [1.807, 2.05) is 0 Å². The Morgan fingerprint density at radius 2 is 1.55 bits per heavy atom. The van der Waals surface area contributed by atoms with Gasteiger partial charge in [-0.25, -0.2) is 0 Å². The number of fused-ring (bicyclic) bond motifs is 1. The molecule has 0 saturated carbocycles. The van der Waals surface area contributed by atoms with E-state index in [2.05, 4.69) is 93.0 Å². The fraction of sp³-hybridized carbons (Fsp3) is 0.259. The van der Waals surface area contributed by atoms with Crippen molar-refractivity contribution in [2.45, 2.75) is 45.8 Å². The van der Waals surface area contributed by atoms with Gasteiger partial charge in [0, 0.05) is 0 Å². The Morgan fingerprint density at radius 3 is 2.19 bits per heavy atom. The smallest absolute Gasteiger partial charge is 0.147 e. The zero-order valence-electron chi connectivity index (χ0n) is 18.9. The minimum absolute atomic E-state index is 0. The largest absolute Gasteiger partial charge is 0.147 e. The molecule has 3 aromatic carbocycles. The molecule has 1 aliphatic rings. The molecule has 0 heterocycles. The third-order valence-corrected chi connectivity index (χ3v) is 7.67. The summed E-state index contributed by atoms with van der Waals surface area (Å²) < 4.78 is 4.99. The number of benzene rings is 3. The second kappa shape index (κ2) is 10.9. The Bertz CT molecular complexity index is 1140.